The van der Waals surface area contributed by atoms with E-state index in [9.17, 15) is 0 Å². The van der Waals surface area contributed by atoms with Crippen LogP contribution >= 0.6 is 15.9 Å². The summed E-state index contributed by atoms with van der Waals surface area (Å²) < 4.78 is 0.832. The summed E-state index contributed by atoms with van der Waals surface area (Å²) in [6.07, 6.45) is 0. The SMILES string of the molecule is Cc1ccc(C(C)C)cc1-c1nc(N)[nH]c1Br. The number of aromatic nitrogens is 2. The summed E-state index contributed by atoms with van der Waals surface area (Å²) in [6.45, 7) is 6.45. The zero-order chi connectivity index (χ0) is 12.6. The standard InChI is InChI=1S/C13H16BrN3/c1-7(2)9-5-4-8(3)10(6-9)11-12(14)17-13(15)16-11/h4-7H,1-3H3,(H3,15,16,17). The van der Waals surface area contributed by atoms with Crippen LogP contribution in [0.5, 0.6) is 0 Å². The first-order valence-corrected chi connectivity index (χ1v) is 6.40. The van der Waals surface area contributed by atoms with Crippen LogP contribution in [0.3, 0.4) is 0 Å². The predicted octanol–water partition coefficient (Wildman–Crippen LogP) is 3.85. The Kier molecular flexibility index (Phi) is 3.24. The lowest BCUT2D eigenvalue weighted by Crippen LogP contribution is -1.92. The predicted molar refractivity (Wildman–Crippen MR) is 75.0 cm³/mol. The quantitative estimate of drug-likeness (QED) is 0.883. The number of aryl methyl sites for hydroxylation is 1. The Morgan fingerprint density at radius 1 is 1.35 bits per heavy atom. The Morgan fingerprint density at radius 2 is 2.06 bits per heavy atom. The zero-order valence-electron chi connectivity index (χ0n) is 10.2. The average molecular weight is 294 g/mol. The molecule has 0 aliphatic heterocycles. The second kappa shape index (κ2) is 4.53. The van der Waals surface area contributed by atoms with Crippen molar-refractivity contribution in [3.05, 3.63) is 33.9 Å². The van der Waals surface area contributed by atoms with Crippen LogP contribution in [0.2, 0.25) is 0 Å². The van der Waals surface area contributed by atoms with Crippen molar-refractivity contribution in [2.24, 2.45) is 0 Å². The Balaban J connectivity index is 2.58. The van der Waals surface area contributed by atoms with Gasteiger partial charge in [-0.15, -0.1) is 0 Å². The van der Waals surface area contributed by atoms with Crippen molar-refractivity contribution >= 4 is 21.9 Å². The smallest absolute Gasteiger partial charge is 0.198 e. The molecular weight excluding hydrogens is 278 g/mol. The third kappa shape index (κ3) is 2.36. The molecule has 2 aromatic rings. The van der Waals surface area contributed by atoms with Gasteiger partial charge in [0.1, 0.15) is 10.3 Å². The van der Waals surface area contributed by atoms with Crippen molar-refractivity contribution in [2.75, 3.05) is 5.73 Å². The first-order valence-electron chi connectivity index (χ1n) is 5.61. The maximum Gasteiger partial charge on any atom is 0.198 e. The van der Waals surface area contributed by atoms with Crippen molar-refractivity contribution in [3.8, 4) is 11.3 Å². The van der Waals surface area contributed by atoms with Gasteiger partial charge < -0.3 is 10.7 Å². The highest BCUT2D eigenvalue weighted by molar-refractivity contribution is 9.10. The van der Waals surface area contributed by atoms with E-state index < -0.39 is 0 Å². The largest absolute Gasteiger partial charge is 0.369 e. The Labute approximate surface area is 110 Å². The van der Waals surface area contributed by atoms with Gasteiger partial charge in [0.15, 0.2) is 5.95 Å². The number of rotatable bonds is 2. The fourth-order valence-electron chi connectivity index (χ4n) is 1.80. The molecule has 0 atom stereocenters. The van der Waals surface area contributed by atoms with Gasteiger partial charge in [0, 0.05) is 5.56 Å². The molecule has 0 bridgehead atoms. The Bertz CT molecular complexity index is 544. The first-order chi connectivity index (χ1) is 7.99. The number of nitrogens with zero attached hydrogens (tertiary/aromatic N) is 1. The summed E-state index contributed by atoms with van der Waals surface area (Å²) >= 11 is 3.45. The Hall–Kier alpha value is -1.29. The zero-order valence-corrected chi connectivity index (χ0v) is 11.8. The highest BCUT2D eigenvalue weighted by Gasteiger charge is 2.12. The summed E-state index contributed by atoms with van der Waals surface area (Å²) in [5.41, 5.74) is 10.2. The first kappa shape index (κ1) is 12.2. The van der Waals surface area contributed by atoms with Crippen molar-refractivity contribution in [1.29, 1.82) is 0 Å². The van der Waals surface area contributed by atoms with Gasteiger partial charge >= 0.3 is 0 Å². The number of aromatic amines is 1. The molecular formula is C13H16BrN3. The molecule has 1 aromatic carbocycles. The molecule has 0 fully saturated rings. The van der Waals surface area contributed by atoms with E-state index in [4.69, 9.17) is 5.73 Å². The maximum absolute atomic E-state index is 5.67. The van der Waals surface area contributed by atoms with Crippen molar-refractivity contribution in [3.63, 3.8) is 0 Å². The molecule has 2 rings (SSSR count). The molecule has 0 spiro atoms. The maximum atomic E-state index is 5.67. The van der Waals surface area contributed by atoms with Gasteiger partial charge in [-0.1, -0.05) is 26.0 Å². The lowest BCUT2D eigenvalue weighted by Gasteiger charge is -2.10. The molecule has 3 nitrogen and oxygen atoms in total. The molecule has 0 saturated carbocycles. The molecule has 0 radical (unpaired) electrons. The number of hydrogen-bond donors (Lipinski definition) is 2. The third-order valence-corrected chi connectivity index (χ3v) is 3.44. The lowest BCUT2D eigenvalue weighted by atomic mass is 9.97. The summed E-state index contributed by atoms with van der Waals surface area (Å²) in [5, 5.41) is 0. The number of nitrogens with two attached hydrogens (primary N) is 1. The number of anilines is 1. The fraction of sp³-hybridized carbons (Fsp3) is 0.308. The number of nitrogens with one attached hydrogen (secondary N) is 1. The van der Waals surface area contributed by atoms with Gasteiger partial charge in [-0.25, -0.2) is 4.98 Å². The van der Waals surface area contributed by atoms with Crippen LogP contribution in [-0.2, 0) is 0 Å². The number of nitrogen functional groups attached to an aromatic ring is 1. The highest BCUT2D eigenvalue weighted by Crippen LogP contribution is 2.31. The summed E-state index contributed by atoms with van der Waals surface area (Å²) in [5.74, 6) is 0.936. The fourth-order valence-corrected chi connectivity index (χ4v) is 2.31. The van der Waals surface area contributed by atoms with E-state index in [1.165, 1.54) is 11.1 Å². The molecule has 1 heterocycles. The van der Waals surface area contributed by atoms with Gasteiger partial charge in [0.2, 0.25) is 0 Å². The van der Waals surface area contributed by atoms with Crippen molar-refractivity contribution in [2.45, 2.75) is 26.7 Å². The van der Waals surface area contributed by atoms with E-state index in [2.05, 4.69) is 64.9 Å². The minimum Gasteiger partial charge on any atom is -0.369 e. The van der Waals surface area contributed by atoms with Crippen LogP contribution in [0.1, 0.15) is 30.9 Å². The van der Waals surface area contributed by atoms with Gasteiger partial charge in [0.05, 0.1) is 0 Å². The molecule has 0 aliphatic rings. The second-order valence-electron chi connectivity index (χ2n) is 4.51. The van der Waals surface area contributed by atoms with E-state index in [-0.39, 0.29) is 0 Å². The Morgan fingerprint density at radius 3 is 2.59 bits per heavy atom. The van der Waals surface area contributed by atoms with Crippen LogP contribution in [0.15, 0.2) is 22.8 Å². The summed E-state index contributed by atoms with van der Waals surface area (Å²) in [6, 6.07) is 6.47. The molecule has 0 saturated heterocycles. The summed E-state index contributed by atoms with van der Waals surface area (Å²) in [4.78, 5) is 7.28. The summed E-state index contributed by atoms with van der Waals surface area (Å²) in [7, 11) is 0. The molecule has 17 heavy (non-hydrogen) atoms. The normalized spacial score (nSPS) is 11.1. The van der Waals surface area contributed by atoms with E-state index >= 15 is 0 Å². The third-order valence-electron chi connectivity index (χ3n) is 2.86. The molecule has 1 aromatic heterocycles. The van der Waals surface area contributed by atoms with E-state index in [1.807, 2.05) is 0 Å². The van der Waals surface area contributed by atoms with Gasteiger partial charge in [-0.05, 0) is 46.0 Å². The van der Waals surface area contributed by atoms with Gasteiger partial charge in [-0.3, -0.25) is 0 Å². The van der Waals surface area contributed by atoms with E-state index in [0.29, 0.717) is 11.9 Å². The number of hydrogen-bond acceptors (Lipinski definition) is 2. The topological polar surface area (TPSA) is 54.7 Å². The molecule has 0 unspecified atom stereocenters. The number of benzene rings is 1. The van der Waals surface area contributed by atoms with Crippen molar-refractivity contribution < 1.29 is 0 Å². The molecule has 3 N–H and O–H groups in total. The number of H-pyrrole nitrogens is 1. The van der Waals surface area contributed by atoms with Gasteiger partial charge in [-0.2, -0.15) is 0 Å². The molecule has 4 heteroatoms. The second-order valence-corrected chi connectivity index (χ2v) is 5.31. The van der Waals surface area contributed by atoms with Crippen LogP contribution in [0, 0.1) is 6.92 Å². The number of halogens is 1. The van der Waals surface area contributed by atoms with Crippen LogP contribution in [0.25, 0.3) is 11.3 Å². The molecule has 0 aliphatic carbocycles. The minimum absolute atomic E-state index is 0.432. The van der Waals surface area contributed by atoms with Crippen LogP contribution in [0.4, 0.5) is 5.95 Å². The van der Waals surface area contributed by atoms with Gasteiger partial charge in [0.25, 0.3) is 0 Å². The average Bonchev–Trinajstić information content (AvgIpc) is 2.58. The van der Waals surface area contributed by atoms with Crippen molar-refractivity contribution in [1.82, 2.24) is 9.97 Å². The van der Waals surface area contributed by atoms with Crippen LogP contribution < -0.4 is 5.73 Å². The van der Waals surface area contributed by atoms with E-state index in [0.717, 1.165) is 15.9 Å². The van der Waals surface area contributed by atoms with Crippen LogP contribution in [-0.4, -0.2) is 9.97 Å². The van der Waals surface area contributed by atoms with E-state index in [1.54, 1.807) is 0 Å². The number of imidazole rings is 1. The highest BCUT2D eigenvalue weighted by atomic mass is 79.9. The molecule has 90 valence electrons. The molecule has 0 amide bonds. The lowest BCUT2D eigenvalue weighted by molar-refractivity contribution is 0.866. The minimum atomic E-state index is 0.432. The monoisotopic (exact) mass is 293 g/mol.